The van der Waals surface area contributed by atoms with Gasteiger partial charge in [0.25, 0.3) is 0 Å². The molecule has 0 amide bonds. The van der Waals surface area contributed by atoms with Crippen molar-refractivity contribution in [3.05, 3.63) is 90.5 Å². The molecule has 3 aromatic rings. The molecule has 0 aliphatic carbocycles. The molecule has 0 fully saturated rings. The molecule has 0 aliphatic heterocycles. The van der Waals surface area contributed by atoms with Gasteiger partial charge >= 0.3 is 0 Å². The van der Waals surface area contributed by atoms with Crippen LogP contribution in [0.25, 0.3) is 0 Å². The third-order valence-electron chi connectivity index (χ3n) is 3.40. The summed E-state index contributed by atoms with van der Waals surface area (Å²) in [6.07, 6.45) is 1.64. The molecule has 0 radical (unpaired) electrons. The summed E-state index contributed by atoms with van der Waals surface area (Å²) < 4.78 is 0. The van der Waals surface area contributed by atoms with Crippen LogP contribution in [-0.2, 0) is 0 Å². The van der Waals surface area contributed by atoms with Gasteiger partial charge in [-0.15, -0.1) is 0 Å². The molecule has 0 unspecified atom stereocenters. The molecule has 0 atom stereocenters. The van der Waals surface area contributed by atoms with Gasteiger partial charge in [-0.2, -0.15) is 5.10 Å². The van der Waals surface area contributed by atoms with E-state index in [1.807, 2.05) is 48.5 Å². The summed E-state index contributed by atoms with van der Waals surface area (Å²) in [5, 5.41) is 3.56. The molecule has 0 aliphatic rings. The van der Waals surface area contributed by atoms with E-state index in [1.54, 1.807) is 6.21 Å². The second-order valence-corrected chi connectivity index (χ2v) is 4.88. The number of benzene rings is 3. The van der Waals surface area contributed by atoms with E-state index in [1.165, 1.54) is 0 Å². The molecule has 108 valence electrons. The Bertz CT molecular complexity index is 695. The van der Waals surface area contributed by atoms with E-state index in [0.29, 0.717) is 0 Å². The molecule has 22 heavy (non-hydrogen) atoms. The number of anilines is 3. The Morgan fingerprint density at radius 2 is 1.09 bits per heavy atom. The molecule has 2 N–H and O–H groups in total. The lowest BCUT2D eigenvalue weighted by atomic mass is 10.1. The topological polar surface area (TPSA) is 41.6 Å². The highest BCUT2D eigenvalue weighted by molar-refractivity contribution is 5.82. The van der Waals surface area contributed by atoms with Gasteiger partial charge in [0.2, 0.25) is 0 Å². The van der Waals surface area contributed by atoms with Gasteiger partial charge in [0, 0.05) is 17.1 Å². The lowest BCUT2D eigenvalue weighted by Gasteiger charge is -2.25. The highest BCUT2D eigenvalue weighted by atomic mass is 15.1. The molecule has 3 aromatic carbocycles. The predicted octanol–water partition coefficient (Wildman–Crippen LogP) is 4.45. The Kier molecular flexibility index (Phi) is 4.16. The van der Waals surface area contributed by atoms with Crippen LogP contribution in [0.1, 0.15) is 5.56 Å². The average Bonchev–Trinajstić information content (AvgIpc) is 2.59. The Hall–Kier alpha value is -3.07. The quantitative estimate of drug-likeness (QED) is 0.437. The van der Waals surface area contributed by atoms with Crippen LogP contribution in [0.3, 0.4) is 0 Å². The first-order valence-electron chi connectivity index (χ1n) is 7.12. The zero-order valence-electron chi connectivity index (χ0n) is 12.1. The highest BCUT2D eigenvalue weighted by Gasteiger charge is 2.11. The number of hydrazone groups is 1. The number of para-hydroxylation sites is 2. The smallest absolute Gasteiger partial charge is 0.0538 e. The molecule has 0 spiro atoms. The molecule has 0 heterocycles. The SMILES string of the molecule is NN=Cc1ccc(N(c2ccccc2)c2ccccc2)cc1. The van der Waals surface area contributed by atoms with Gasteiger partial charge in [-0.3, -0.25) is 0 Å². The second kappa shape index (κ2) is 6.59. The van der Waals surface area contributed by atoms with Gasteiger partial charge in [0.1, 0.15) is 0 Å². The van der Waals surface area contributed by atoms with Crippen molar-refractivity contribution in [2.45, 2.75) is 0 Å². The van der Waals surface area contributed by atoms with Crippen molar-refractivity contribution in [2.75, 3.05) is 4.90 Å². The van der Waals surface area contributed by atoms with Crippen molar-refractivity contribution in [1.29, 1.82) is 0 Å². The average molecular weight is 287 g/mol. The van der Waals surface area contributed by atoms with E-state index in [9.17, 15) is 0 Å². The monoisotopic (exact) mass is 287 g/mol. The number of rotatable bonds is 4. The third-order valence-corrected chi connectivity index (χ3v) is 3.40. The van der Waals surface area contributed by atoms with E-state index >= 15 is 0 Å². The Balaban J connectivity index is 2.06. The normalized spacial score (nSPS) is 10.7. The first kappa shape index (κ1) is 13.9. The van der Waals surface area contributed by atoms with Crippen LogP contribution in [0.15, 0.2) is 90.0 Å². The van der Waals surface area contributed by atoms with Gasteiger partial charge in [-0.05, 0) is 42.0 Å². The first-order valence-corrected chi connectivity index (χ1v) is 7.12. The van der Waals surface area contributed by atoms with Gasteiger partial charge in [-0.25, -0.2) is 0 Å². The second-order valence-electron chi connectivity index (χ2n) is 4.88. The molecule has 0 bridgehead atoms. The molecular formula is C19H17N3. The zero-order chi connectivity index (χ0) is 15.2. The van der Waals surface area contributed by atoms with Gasteiger partial charge in [0.05, 0.1) is 6.21 Å². The van der Waals surface area contributed by atoms with Crippen LogP contribution in [0, 0.1) is 0 Å². The van der Waals surface area contributed by atoms with Crippen LogP contribution < -0.4 is 10.7 Å². The van der Waals surface area contributed by atoms with Crippen LogP contribution in [0.4, 0.5) is 17.1 Å². The summed E-state index contributed by atoms with van der Waals surface area (Å²) in [6, 6.07) is 28.8. The molecular weight excluding hydrogens is 270 g/mol. The van der Waals surface area contributed by atoms with Crippen LogP contribution >= 0.6 is 0 Å². The van der Waals surface area contributed by atoms with E-state index in [2.05, 4.69) is 46.4 Å². The van der Waals surface area contributed by atoms with Crippen LogP contribution in [-0.4, -0.2) is 6.21 Å². The van der Waals surface area contributed by atoms with Crippen LogP contribution in [0.2, 0.25) is 0 Å². The van der Waals surface area contributed by atoms with E-state index < -0.39 is 0 Å². The summed E-state index contributed by atoms with van der Waals surface area (Å²) in [4.78, 5) is 2.21. The summed E-state index contributed by atoms with van der Waals surface area (Å²) >= 11 is 0. The van der Waals surface area contributed by atoms with Gasteiger partial charge in [0.15, 0.2) is 0 Å². The Morgan fingerprint density at radius 3 is 1.55 bits per heavy atom. The fourth-order valence-electron chi connectivity index (χ4n) is 2.40. The number of hydrogen-bond donors (Lipinski definition) is 1. The Labute approximate surface area is 130 Å². The van der Waals surface area contributed by atoms with Crippen molar-refractivity contribution >= 4 is 23.3 Å². The number of nitrogens with two attached hydrogens (primary N) is 1. The van der Waals surface area contributed by atoms with Crippen LogP contribution in [0.5, 0.6) is 0 Å². The van der Waals surface area contributed by atoms with Crippen molar-refractivity contribution in [3.8, 4) is 0 Å². The summed E-state index contributed by atoms with van der Waals surface area (Å²) in [7, 11) is 0. The fourth-order valence-corrected chi connectivity index (χ4v) is 2.40. The standard InChI is InChI=1S/C19H17N3/c20-21-15-16-11-13-19(14-12-16)22(17-7-3-1-4-8-17)18-9-5-2-6-10-18/h1-15H,20H2. The molecule has 0 aromatic heterocycles. The van der Waals surface area contributed by atoms with E-state index in [4.69, 9.17) is 5.84 Å². The Morgan fingerprint density at radius 1 is 0.636 bits per heavy atom. The van der Waals surface area contributed by atoms with Gasteiger partial charge in [-0.1, -0.05) is 48.5 Å². The van der Waals surface area contributed by atoms with Crippen molar-refractivity contribution in [2.24, 2.45) is 10.9 Å². The van der Waals surface area contributed by atoms with Gasteiger partial charge < -0.3 is 10.7 Å². The minimum Gasteiger partial charge on any atom is -0.323 e. The van der Waals surface area contributed by atoms with Crippen molar-refractivity contribution in [1.82, 2.24) is 0 Å². The molecule has 3 nitrogen and oxygen atoms in total. The summed E-state index contributed by atoms with van der Waals surface area (Å²) in [5.41, 5.74) is 4.31. The maximum Gasteiger partial charge on any atom is 0.0538 e. The molecule has 3 heteroatoms. The minimum absolute atomic E-state index is 0.979. The molecule has 0 saturated heterocycles. The lowest BCUT2D eigenvalue weighted by Crippen LogP contribution is -2.09. The number of hydrogen-bond acceptors (Lipinski definition) is 3. The summed E-state index contributed by atoms with van der Waals surface area (Å²) in [5.74, 6) is 5.20. The molecule has 3 rings (SSSR count). The predicted molar refractivity (Wildman–Crippen MR) is 92.9 cm³/mol. The van der Waals surface area contributed by atoms with Crippen molar-refractivity contribution in [3.63, 3.8) is 0 Å². The fraction of sp³-hybridized carbons (Fsp3) is 0. The first-order chi connectivity index (χ1) is 10.9. The summed E-state index contributed by atoms with van der Waals surface area (Å²) in [6.45, 7) is 0. The largest absolute Gasteiger partial charge is 0.323 e. The van der Waals surface area contributed by atoms with E-state index in [-0.39, 0.29) is 0 Å². The van der Waals surface area contributed by atoms with E-state index in [0.717, 1.165) is 22.6 Å². The minimum atomic E-state index is 0.979. The zero-order valence-corrected chi connectivity index (χ0v) is 12.1. The lowest BCUT2D eigenvalue weighted by molar-refractivity contribution is 1.26. The van der Waals surface area contributed by atoms with Crippen molar-refractivity contribution < 1.29 is 0 Å². The highest BCUT2D eigenvalue weighted by Crippen LogP contribution is 2.33. The maximum atomic E-state index is 5.20. The third kappa shape index (κ3) is 2.99. The number of nitrogens with zero attached hydrogens (tertiary/aromatic N) is 2. The maximum absolute atomic E-state index is 5.20. The molecule has 0 saturated carbocycles.